The SMILES string of the molecule is Cc1cc(Br)cc(NC(=S)NC2CCCCC2)c1. The number of hydrogen-bond donors (Lipinski definition) is 2. The van der Waals surface area contributed by atoms with Crippen molar-refractivity contribution < 1.29 is 0 Å². The smallest absolute Gasteiger partial charge is 0.170 e. The van der Waals surface area contributed by atoms with E-state index in [1.54, 1.807) is 0 Å². The van der Waals surface area contributed by atoms with E-state index < -0.39 is 0 Å². The van der Waals surface area contributed by atoms with Gasteiger partial charge in [-0.05, 0) is 55.7 Å². The Hall–Kier alpha value is -0.610. The van der Waals surface area contributed by atoms with Crippen LogP contribution in [0.5, 0.6) is 0 Å². The molecule has 1 fully saturated rings. The zero-order valence-corrected chi connectivity index (χ0v) is 13.0. The van der Waals surface area contributed by atoms with Gasteiger partial charge < -0.3 is 10.6 Å². The van der Waals surface area contributed by atoms with Gasteiger partial charge in [-0.25, -0.2) is 0 Å². The van der Waals surface area contributed by atoms with Crippen molar-refractivity contribution in [3.63, 3.8) is 0 Å². The number of benzene rings is 1. The maximum atomic E-state index is 5.37. The van der Waals surface area contributed by atoms with E-state index in [0.29, 0.717) is 6.04 Å². The highest BCUT2D eigenvalue weighted by molar-refractivity contribution is 9.10. The lowest BCUT2D eigenvalue weighted by atomic mass is 9.96. The van der Waals surface area contributed by atoms with E-state index in [1.807, 2.05) is 6.07 Å². The molecular formula is C14H19BrN2S. The average molecular weight is 327 g/mol. The Morgan fingerprint density at radius 2 is 1.94 bits per heavy atom. The van der Waals surface area contributed by atoms with Crippen molar-refractivity contribution in [1.29, 1.82) is 0 Å². The van der Waals surface area contributed by atoms with Crippen LogP contribution in [0.15, 0.2) is 22.7 Å². The standard InChI is InChI=1S/C14H19BrN2S/c1-10-7-11(15)9-13(8-10)17-14(18)16-12-5-3-2-4-6-12/h7-9,12H,2-6H2,1H3,(H2,16,17,18). The first-order chi connectivity index (χ1) is 8.63. The first-order valence-electron chi connectivity index (χ1n) is 6.48. The Kier molecular flexibility index (Phi) is 5.01. The van der Waals surface area contributed by atoms with Crippen LogP contribution in [-0.2, 0) is 0 Å². The van der Waals surface area contributed by atoms with Crippen molar-refractivity contribution in [1.82, 2.24) is 5.32 Å². The fourth-order valence-electron chi connectivity index (χ4n) is 2.41. The summed E-state index contributed by atoms with van der Waals surface area (Å²) >= 11 is 8.86. The van der Waals surface area contributed by atoms with Crippen molar-refractivity contribution >= 4 is 38.9 Å². The van der Waals surface area contributed by atoms with Gasteiger partial charge in [-0.3, -0.25) is 0 Å². The van der Waals surface area contributed by atoms with E-state index in [-0.39, 0.29) is 0 Å². The van der Waals surface area contributed by atoms with Crippen molar-refractivity contribution in [2.45, 2.75) is 45.1 Å². The minimum Gasteiger partial charge on any atom is -0.360 e. The molecule has 0 unspecified atom stereocenters. The van der Waals surface area contributed by atoms with Crippen molar-refractivity contribution in [3.8, 4) is 0 Å². The van der Waals surface area contributed by atoms with Crippen molar-refractivity contribution in [2.24, 2.45) is 0 Å². The maximum Gasteiger partial charge on any atom is 0.170 e. The maximum absolute atomic E-state index is 5.37. The summed E-state index contributed by atoms with van der Waals surface area (Å²) in [6.07, 6.45) is 6.47. The number of thiocarbonyl (C=S) groups is 1. The quantitative estimate of drug-likeness (QED) is 0.789. The molecule has 98 valence electrons. The number of halogens is 1. The summed E-state index contributed by atoms with van der Waals surface area (Å²) in [6, 6.07) is 6.77. The molecule has 0 spiro atoms. The molecule has 2 N–H and O–H groups in total. The number of anilines is 1. The molecule has 1 aliphatic carbocycles. The summed E-state index contributed by atoms with van der Waals surface area (Å²) in [5, 5.41) is 7.41. The number of aryl methyl sites for hydroxylation is 1. The Balaban J connectivity index is 1.89. The molecule has 1 aromatic carbocycles. The third-order valence-electron chi connectivity index (χ3n) is 3.24. The van der Waals surface area contributed by atoms with Crippen LogP contribution in [0.3, 0.4) is 0 Å². The van der Waals surface area contributed by atoms with Gasteiger partial charge >= 0.3 is 0 Å². The summed E-state index contributed by atoms with van der Waals surface area (Å²) in [4.78, 5) is 0. The molecule has 0 heterocycles. The van der Waals surface area contributed by atoms with Gasteiger partial charge in [0.25, 0.3) is 0 Å². The molecule has 0 radical (unpaired) electrons. The highest BCUT2D eigenvalue weighted by Crippen LogP contribution is 2.20. The molecule has 0 aromatic heterocycles. The molecule has 1 saturated carbocycles. The third kappa shape index (κ3) is 4.25. The molecule has 0 bridgehead atoms. The van der Waals surface area contributed by atoms with Gasteiger partial charge in [-0.2, -0.15) is 0 Å². The van der Waals surface area contributed by atoms with Crippen LogP contribution in [0.2, 0.25) is 0 Å². The van der Waals surface area contributed by atoms with E-state index in [1.165, 1.54) is 37.7 Å². The van der Waals surface area contributed by atoms with Crippen LogP contribution >= 0.6 is 28.1 Å². The van der Waals surface area contributed by atoms with Crippen LogP contribution in [0, 0.1) is 6.92 Å². The second kappa shape index (κ2) is 6.53. The molecule has 0 saturated heterocycles. The van der Waals surface area contributed by atoms with E-state index in [4.69, 9.17) is 12.2 Å². The average Bonchev–Trinajstić information content (AvgIpc) is 2.28. The molecular weight excluding hydrogens is 308 g/mol. The van der Waals surface area contributed by atoms with Crippen LogP contribution in [0.4, 0.5) is 5.69 Å². The van der Waals surface area contributed by atoms with Crippen LogP contribution in [0.25, 0.3) is 0 Å². The number of rotatable bonds is 2. The fraction of sp³-hybridized carbons (Fsp3) is 0.500. The first-order valence-corrected chi connectivity index (χ1v) is 7.68. The molecule has 2 nitrogen and oxygen atoms in total. The second-order valence-corrected chi connectivity index (χ2v) is 6.27. The minimum atomic E-state index is 0.548. The lowest BCUT2D eigenvalue weighted by molar-refractivity contribution is 0.415. The predicted octanol–water partition coefficient (Wildman–Crippen LogP) is 4.38. The van der Waals surface area contributed by atoms with Gasteiger partial charge in [-0.1, -0.05) is 35.2 Å². The van der Waals surface area contributed by atoms with E-state index in [9.17, 15) is 0 Å². The van der Waals surface area contributed by atoms with Crippen molar-refractivity contribution in [2.75, 3.05) is 5.32 Å². The number of hydrogen-bond acceptors (Lipinski definition) is 1. The molecule has 0 atom stereocenters. The van der Waals surface area contributed by atoms with Gasteiger partial charge in [0, 0.05) is 16.2 Å². The molecule has 1 aromatic rings. The Morgan fingerprint density at radius 3 is 2.61 bits per heavy atom. The van der Waals surface area contributed by atoms with Gasteiger partial charge in [0.1, 0.15) is 0 Å². The van der Waals surface area contributed by atoms with E-state index in [2.05, 4.69) is 45.6 Å². The summed E-state index contributed by atoms with van der Waals surface area (Å²) < 4.78 is 1.07. The Morgan fingerprint density at radius 1 is 1.22 bits per heavy atom. The van der Waals surface area contributed by atoms with E-state index in [0.717, 1.165) is 15.3 Å². The zero-order valence-electron chi connectivity index (χ0n) is 10.6. The first kappa shape index (κ1) is 13.8. The lowest BCUT2D eigenvalue weighted by Gasteiger charge is -2.24. The molecule has 2 rings (SSSR count). The lowest BCUT2D eigenvalue weighted by Crippen LogP contribution is -2.38. The zero-order chi connectivity index (χ0) is 13.0. The number of nitrogens with one attached hydrogen (secondary N) is 2. The molecule has 1 aliphatic rings. The van der Waals surface area contributed by atoms with Gasteiger partial charge in [0.15, 0.2) is 5.11 Å². The van der Waals surface area contributed by atoms with Crippen LogP contribution in [-0.4, -0.2) is 11.2 Å². The fourth-order valence-corrected chi connectivity index (χ4v) is 3.30. The van der Waals surface area contributed by atoms with Crippen LogP contribution in [0.1, 0.15) is 37.7 Å². The van der Waals surface area contributed by atoms with Gasteiger partial charge in [-0.15, -0.1) is 0 Å². The molecule has 18 heavy (non-hydrogen) atoms. The normalized spacial score (nSPS) is 16.3. The molecule has 0 amide bonds. The summed E-state index contributed by atoms with van der Waals surface area (Å²) in [5.41, 5.74) is 2.25. The molecule has 4 heteroatoms. The van der Waals surface area contributed by atoms with E-state index >= 15 is 0 Å². The largest absolute Gasteiger partial charge is 0.360 e. The monoisotopic (exact) mass is 326 g/mol. The summed E-state index contributed by atoms with van der Waals surface area (Å²) in [6.45, 7) is 2.08. The van der Waals surface area contributed by atoms with Crippen LogP contribution < -0.4 is 10.6 Å². The molecule has 0 aliphatic heterocycles. The second-order valence-electron chi connectivity index (χ2n) is 4.95. The third-order valence-corrected chi connectivity index (χ3v) is 3.92. The van der Waals surface area contributed by atoms with Gasteiger partial charge in [0.05, 0.1) is 0 Å². The Labute approximate surface area is 123 Å². The summed E-state index contributed by atoms with van der Waals surface area (Å²) in [7, 11) is 0. The highest BCUT2D eigenvalue weighted by atomic mass is 79.9. The summed E-state index contributed by atoms with van der Waals surface area (Å²) in [5.74, 6) is 0. The van der Waals surface area contributed by atoms with Gasteiger partial charge in [0.2, 0.25) is 0 Å². The highest BCUT2D eigenvalue weighted by Gasteiger charge is 2.13. The Bertz CT molecular complexity index is 408. The predicted molar refractivity (Wildman–Crippen MR) is 85.1 cm³/mol. The van der Waals surface area contributed by atoms with Crippen molar-refractivity contribution in [3.05, 3.63) is 28.2 Å². The minimum absolute atomic E-state index is 0.548. The topological polar surface area (TPSA) is 24.1 Å².